The van der Waals surface area contributed by atoms with Crippen LogP contribution in [0.15, 0.2) is 78.9 Å². The van der Waals surface area contributed by atoms with Gasteiger partial charge in [-0.15, -0.1) is 11.3 Å². The van der Waals surface area contributed by atoms with Gasteiger partial charge in [0.25, 0.3) is 5.91 Å². The van der Waals surface area contributed by atoms with E-state index in [1.807, 2.05) is 24.3 Å². The fourth-order valence-corrected chi connectivity index (χ4v) is 4.24. The minimum atomic E-state index is -0.138. The first-order valence-electron chi connectivity index (χ1n) is 9.57. The fourth-order valence-electron chi connectivity index (χ4n) is 3.22. The van der Waals surface area contributed by atoms with Gasteiger partial charge in [-0.2, -0.15) is 0 Å². The molecular formula is C24H23N3OS. The molecule has 1 atom stereocenters. The second-order valence-corrected chi connectivity index (χ2v) is 8.12. The van der Waals surface area contributed by atoms with E-state index in [-0.39, 0.29) is 11.9 Å². The summed E-state index contributed by atoms with van der Waals surface area (Å²) >= 11 is 1.49. The molecule has 3 aromatic carbocycles. The lowest BCUT2D eigenvalue weighted by Crippen LogP contribution is -2.17. The first-order chi connectivity index (χ1) is 14.1. The lowest BCUT2D eigenvalue weighted by molar-refractivity contribution is 0.103. The third-order valence-corrected chi connectivity index (χ3v) is 6.03. The predicted octanol–water partition coefficient (Wildman–Crippen LogP) is 5.59. The van der Waals surface area contributed by atoms with E-state index in [1.165, 1.54) is 22.5 Å². The molecule has 0 fully saturated rings. The Morgan fingerprint density at radius 1 is 1.00 bits per heavy atom. The average Bonchev–Trinajstić information content (AvgIpc) is 3.18. The highest BCUT2D eigenvalue weighted by Gasteiger charge is 2.12. The van der Waals surface area contributed by atoms with Crippen LogP contribution in [0.25, 0.3) is 10.1 Å². The summed E-state index contributed by atoms with van der Waals surface area (Å²) in [6, 6.07) is 26.2. The average molecular weight is 402 g/mol. The highest BCUT2D eigenvalue weighted by molar-refractivity contribution is 7.20. The summed E-state index contributed by atoms with van der Waals surface area (Å²) in [5.41, 5.74) is 9.58. The number of fused-ring (bicyclic) bond motifs is 1. The van der Waals surface area contributed by atoms with Gasteiger partial charge < -0.3 is 16.4 Å². The second kappa shape index (κ2) is 8.47. The van der Waals surface area contributed by atoms with Crippen LogP contribution in [0, 0.1) is 0 Å². The zero-order valence-corrected chi connectivity index (χ0v) is 17.0. The Morgan fingerprint density at radius 3 is 2.55 bits per heavy atom. The molecular weight excluding hydrogens is 378 g/mol. The third kappa shape index (κ3) is 4.47. The fraction of sp³-hybridized carbons (Fsp3) is 0.125. The normalized spacial score (nSPS) is 12.0. The molecule has 0 saturated heterocycles. The molecule has 4 rings (SSSR count). The van der Waals surface area contributed by atoms with E-state index in [1.54, 1.807) is 12.1 Å². The van der Waals surface area contributed by atoms with Gasteiger partial charge in [0, 0.05) is 17.3 Å². The van der Waals surface area contributed by atoms with Crippen LogP contribution in [0.3, 0.4) is 0 Å². The minimum absolute atomic E-state index is 0.138. The van der Waals surface area contributed by atoms with Gasteiger partial charge in [0.1, 0.15) is 0 Å². The van der Waals surface area contributed by atoms with Crippen molar-refractivity contribution in [2.45, 2.75) is 19.5 Å². The molecule has 0 aliphatic carbocycles. The topological polar surface area (TPSA) is 67.2 Å². The van der Waals surface area contributed by atoms with Gasteiger partial charge in [-0.25, -0.2) is 0 Å². The SMILES string of the molecule is C[C@H](NCc1ccc2cc(C(=O)Nc3ccccc3N)sc2c1)c1ccccc1. The molecule has 29 heavy (non-hydrogen) atoms. The Labute approximate surface area is 174 Å². The Morgan fingerprint density at radius 2 is 1.76 bits per heavy atom. The molecule has 4 aromatic rings. The van der Waals surface area contributed by atoms with E-state index in [0.717, 1.165) is 16.6 Å². The predicted molar refractivity (Wildman–Crippen MR) is 122 cm³/mol. The van der Waals surface area contributed by atoms with Crippen molar-refractivity contribution in [2.24, 2.45) is 0 Å². The molecule has 0 aliphatic heterocycles. The van der Waals surface area contributed by atoms with Crippen LogP contribution < -0.4 is 16.4 Å². The van der Waals surface area contributed by atoms with Crippen LogP contribution in [0.4, 0.5) is 11.4 Å². The molecule has 0 aliphatic rings. The van der Waals surface area contributed by atoms with Gasteiger partial charge in [0.15, 0.2) is 0 Å². The zero-order valence-electron chi connectivity index (χ0n) is 16.2. The zero-order chi connectivity index (χ0) is 20.2. The summed E-state index contributed by atoms with van der Waals surface area (Å²) in [5.74, 6) is -0.138. The lowest BCUT2D eigenvalue weighted by Gasteiger charge is -2.14. The number of thiophene rings is 1. The molecule has 1 amide bonds. The van der Waals surface area contributed by atoms with Gasteiger partial charge in [0.05, 0.1) is 16.3 Å². The number of nitrogens with two attached hydrogens (primary N) is 1. The van der Waals surface area contributed by atoms with Gasteiger partial charge in [-0.1, -0.05) is 54.6 Å². The van der Waals surface area contributed by atoms with Crippen molar-refractivity contribution in [3.05, 3.63) is 94.9 Å². The highest BCUT2D eigenvalue weighted by atomic mass is 32.1. The number of nitrogen functional groups attached to an aromatic ring is 1. The number of nitrogens with one attached hydrogen (secondary N) is 2. The van der Waals surface area contributed by atoms with Crippen molar-refractivity contribution in [2.75, 3.05) is 11.1 Å². The monoisotopic (exact) mass is 401 g/mol. The van der Waals surface area contributed by atoms with E-state index in [0.29, 0.717) is 16.3 Å². The number of benzene rings is 3. The van der Waals surface area contributed by atoms with Crippen molar-refractivity contribution >= 4 is 38.7 Å². The van der Waals surface area contributed by atoms with Crippen molar-refractivity contribution in [3.8, 4) is 0 Å². The van der Waals surface area contributed by atoms with E-state index in [9.17, 15) is 4.79 Å². The summed E-state index contributed by atoms with van der Waals surface area (Å²) in [5, 5.41) is 7.52. The largest absolute Gasteiger partial charge is 0.397 e. The molecule has 0 unspecified atom stereocenters. The van der Waals surface area contributed by atoms with Crippen LogP contribution in [0.1, 0.15) is 33.8 Å². The molecule has 0 saturated carbocycles. The number of amides is 1. The number of rotatable bonds is 6. The molecule has 4 N–H and O–H groups in total. The number of anilines is 2. The molecule has 4 nitrogen and oxygen atoms in total. The maximum Gasteiger partial charge on any atom is 0.265 e. The smallest absolute Gasteiger partial charge is 0.265 e. The van der Waals surface area contributed by atoms with Crippen molar-refractivity contribution < 1.29 is 4.79 Å². The van der Waals surface area contributed by atoms with Crippen LogP contribution in [0.5, 0.6) is 0 Å². The van der Waals surface area contributed by atoms with Gasteiger partial charge in [-0.3, -0.25) is 4.79 Å². The minimum Gasteiger partial charge on any atom is -0.397 e. The van der Waals surface area contributed by atoms with Crippen molar-refractivity contribution in [3.63, 3.8) is 0 Å². The third-order valence-electron chi connectivity index (χ3n) is 4.93. The Bertz CT molecular complexity index is 1140. The van der Waals surface area contributed by atoms with E-state index in [2.05, 4.69) is 60.0 Å². The Kier molecular flexibility index (Phi) is 5.60. The Balaban J connectivity index is 1.46. The first kappa shape index (κ1) is 19.2. The summed E-state index contributed by atoms with van der Waals surface area (Å²) < 4.78 is 1.10. The number of hydrogen-bond donors (Lipinski definition) is 3. The van der Waals surface area contributed by atoms with E-state index >= 15 is 0 Å². The molecule has 1 aromatic heterocycles. The van der Waals surface area contributed by atoms with Gasteiger partial charge in [-0.05, 0) is 47.7 Å². The molecule has 0 spiro atoms. The van der Waals surface area contributed by atoms with Crippen molar-refractivity contribution in [1.29, 1.82) is 0 Å². The summed E-state index contributed by atoms with van der Waals surface area (Å²) in [4.78, 5) is 13.3. The summed E-state index contributed by atoms with van der Waals surface area (Å²) in [6.45, 7) is 2.93. The maximum absolute atomic E-state index is 12.6. The van der Waals surface area contributed by atoms with Crippen LogP contribution in [-0.2, 0) is 6.54 Å². The number of carbonyl (C=O) groups is 1. The Hall–Kier alpha value is -3.15. The van der Waals surface area contributed by atoms with Crippen LogP contribution in [0.2, 0.25) is 0 Å². The molecule has 0 radical (unpaired) electrons. The number of carbonyl (C=O) groups excluding carboxylic acids is 1. The van der Waals surface area contributed by atoms with Gasteiger partial charge in [0.2, 0.25) is 0 Å². The maximum atomic E-state index is 12.6. The standard InChI is InChI=1S/C24H23N3OS/c1-16(18-7-3-2-4-8-18)26-15-17-11-12-19-14-23(29-22(19)13-17)24(28)27-21-10-6-5-9-20(21)25/h2-14,16,26H,15,25H2,1H3,(H,27,28)/t16-/m0/s1. The second-order valence-electron chi connectivity index (χ2n) is 7.04. The van der Waals surface area contributed by atoms with Crippen molar-refractivity contribution in [1.82, 2.24) is 5.32 Å². The first-order valence-corrected chi connectivity index (χ1v) is 10.4. The quantitative estimate of drug-likeness (QED) is 0.369. The highest BCUT2D eigenvalue weighted by Crippen LogP contribution is 2.28. The number of para-hydroxylation sites is 2. The van der Waals surface area contributed by atoms with Crippen LogP contribution >= 0.6 is 11.3 Å². The number of hydrogen-bond acceptors (Lipinski definition) is 4. The summed E-state index contributed by atoms with van der Waals surface area (Å²) in [7, 11) is 0. The molecule has 146 valence electrons. The molecule has 5 heteroatoms. The van der Waals surface area contributed by atoms with Gasteiger partial charge >= 0.3 is 0 Å². The van der Waals surface area contributed by atoms with E-state index < -0.39 is 0 Å². The van der Waals surface area contributed by atoms with Crippen LogP contribution in [-0.4, -0.2) is 5.91 Å². The summed E-state index contributed by atoms with van der Waals surface area (Å²) in [6.07, 6.45) is 0. The molecule has 1 heterocycles. The van der Waals surface area contributed by atoms with E-state index in [4.69, 9.17) is 5.73 Å². The lowest BCUT2D eigenvalue weighted by atomic mass is 10.1. The molecule has 0 bridgehead atoms.